The number of amides is 2. The second-order valence-electron chi connectivity index (χ2n) is 4.82. The van der Waals surface area contributed by atoms with Gasteiger partial charge in [-0.15, -0.1) is 11.3 Å². The van der Waals surface area contributed by atoms with E-state index >= 15 is 0 Å². The Kier molecular flexibility index (Phi) is 3.71. The summed E-state index contributed by atoms with van der Waals surface area (Å²) < 4.78 is 0. The normalized spacial score (nSPS) is 18.1. The van der Waals surface area contributed by atoms with Crippen molar-refractivity contribution in [3.63, 3.8) is 0 Å². The molecular weight excluding hydrogens is 248 g/mol. The monoisotopic (exact) mass is 266 g/mol. The standard InChI is InChI=1S/C13H18N2O2S/c1-7-4-5-9-10(6-7)18-13(15-8(2)16)11(9)12(17)14-3/h7H,4-6H2,1-3H3,(H,14,17)(H,15,16)/t7-/m0/s1. The van der Waals surface area contributed by atoms with Gasteiger partial charge in [-0.1, -0.05) is 6.92 Å². The van der Waals surface area contributed by atoms with E-state index in [0.29, 0.717) is 16.5 Å². The molecule has 0 aliphatic heterocycles. The molecule has 1 aromatic rings. The van der Waals surface area contributed by atoms with Crippen LogP contribution in [-0.4, -0.2) is 18.9 Å². The molecule has 0 radical (unpaired) electrons. The summed E-state index contributed by atoms with van der Waals surface area (Å²) in [5.41, 5.74) is 1.79. The average molecular weight is 266 g/mol. The Hall–Kier alpha value is -1.36. The summed E-state index contributed by atoms with van der Waals surface area (Å²) in [6, 6.07) is 0. The van der Waals surface area contributed by atoms with Crippen LogP contribution in [0.5, 0.6) is 0 Å². The molecule has 5 heteroatoms. The summed E-state index contributed by atoms with van der Waals surface area (Å²) in [5, 5.41) is 6.13. The third kappa shape index (κ3) is 2.41. The fourth-order valence-corrected chi connectivity index (χ4v) is 3.82. The first-order valence-corrected chi connectivity index (χ1v) is 6.98. The van der Waals surface area contributed by atoms with E-state index in [2.05, 4.69) is 17.6 Å². The van der Waals surface area contributed by atoms with Crippen molar-refractivity contribution in [3.05, 3.63) is 16.0 Å². The lowest BCUT2D eigenvalue weighted by molar-refractivity contribution is -0.114. The van der Waals surface area contributed by atoms with Gasteiger partial charge in [-0.3, -0.25) is 9.59 Å². The van der Waals surface area contributed by atoms with Crippen molar-refractivity contribution >= 4 is 28.2 Å². The molecule has 98 valence electrons. The Morgan fingerprint density at radius 1 is 1.39 bits per heavy atom. The Morgan fingerprint density at radius 3 is 2.72 bits per heavy atom. The third-order valence-electron chi connectivity index (χ3n) is 3.26. The molecule has 0 unspecified atom stereocenters. The van der Waals surface area contributed by atoms with Crippen molar-refractivity contribution in [1.29, 1.82) is 0 Å². The lowest BCUT2D eigenvalue weighted by atomic mass is 9.88. The van der Waals surface area contributed by atoms with Crippen LogP contribution in [0.2, 0.25) is 0 Å². The van der Waals surface area contributed by atoms with Crippen molar-refractivity contribution in [2.24, 2.45) is 5.92 Å². The van der Waals surface area contributed by atoms with Gasteiger partial charge in [0.2, 0.25) is 5.91 Å². The molecule has 0 aromatic carbocycles. The van der Waals surface area contributed by atoms with Crippen LogP contribution in [0.4, 0.5) is 5.00 Å². The second kappa shape index (κ2) is 5.10. The number of hydrogen-bond donors (Lipinski definition) is 2. The zero-order chi connectivity index (χ0) is 13.3. The zero-order valence-corrected chi connectivity index (χ0v) is 11.7. The minimum Gasteiger partial charge on any atom is -0.355 e. The highest BCUT2D eigenvalue weighted by Crippen LogP contribution is 2.39. The maximum absolute atomic E-state index is 12.0. The molecule has 0 fully saturated rings. The van der Waals surface area contributed by atoms with E-state index in [0.717, 1.165) is 24.8 Å². The summed E-state index contributed by atoms with van der Waals surface area (Å²) in [6.45, 7) is 3.69. The maximum Gasteiger partial charge on any atom is 0.254 e. The topological polar surface area (TPSA) is 58.2 Å². The van der Waals surface area contributed by atoms with Crippen molar-refractivity contribution in [1.82, 2.24) is 5.32 Å². The predicted molar refractivity (Wildman–Crippen MR) is 73.2 cm³/mol. The first-order valence-electron chi connectivity index (χ1n) is 6.17. The summed E-state index contributed by atoms with van der Waals surface area (Å²) in [7, 11) is 1.62. The Morgan fingerprint density at radius 2 is 2.11 bits per heavy atom. The van der Waals surface area contributed by atoms with Crippen molar-refractivity contribution in [3.8, 4) is 0 Å². The van der Waals surface area contributed by atoms with Gasteiger partial charge in [0, 0.05) is 18.8 Å². The fourth-order valence-electron chi connectivity index (χ4n) is 2.36. The van der Waals surface area contributed by atoms with E-state index in [1.165, 1.54) is 11.8 Å². The van der Waals surface area contributed by atoms with Crippen LogP contribution >= 0.6 is 11.3 Å². The van der Waals surface area contributed by atoms with E-state index in [9.17, 15) is 9.59 Å². The third-order valence-corrected chi connectivity index (χ3v) is 4.43. The molecular formula is C13H18N2O2S. The lowest BCUT2D eigenvalue weighted by Gasteiger charge is -2.18. The van der Waals surface area contributed by atoms with Crippen LogP contribution in [0.25, 0.3) is 0 Å². The van der Waals surface area contributed by atoms with E-state index in [1.54, 1.807) is 18.4 Å². The molecule has 4 nitrogen and oxygen atoms in total. The molecule has 2 N–H and O–H groups in total. The van der Waals surface area contributed by atoms with E-state index in [1.807, 2.05) is 0 Å². The van der Waals surface area contributed by atoms with Crippen LogP contribution in [0.15, 0.2) is 0 Å². The number of carbonyl (C=O) groups excluding carboxylic acids is 2. The highest BCUT2D eigenvalue weighted by molar-refractivity contribution is 7.17. The average Bonchev–Trinajstić information content (AvgIpc) is 2.64. The minimum absolute atomic E-state index is 0.106. The summed E-state index contributed by atoms with van der Waals surface area (Å²) in [5.74, 6) is 0.413. The molecule has 0 spiro atoms. The number of fused-ring (bicyclic) bond motifs is 1. The maximum atomic E-state index is 12.0. The summed E-state index contributed by atoms with van der Waals surface area (Å²) in [6.07, 6.45) is 3.03. The number of hydrogen-bond acceptors (Lipinski definition) is 3. The number of thiophene rings is 1. The van der Waals surface area contributed by atoms with Gasteiger partial charge in [0.25, 0.3) is 5.91 Å². The molecule has 1 atom stereocenters. The van der Waals surface area contributed by atoms with Gasteiger partial charge in [-0.2, -0.15) is 0 Å². The van der Waals surface area contributed by atoms with Crippen molar-refractivity contribution in [2.75, 3.05) is 12.4 Å². The molecule has 1 aliphatic rings. The quantitative estimate of drug-likeness (QED) is 0.862. The number of anilines is 1. The highest BCUT2D eigenvalue weighted by Gasteiger charge is 2.27. The SMILES string of the molecule is CNC(=O)c1c(NC(C)=O)sc2c1CC[C@H](C)C2. The van der Waals surface area contributed by atoms with Gasteiger partial charge >= 0.3 is 0 Å². The predicted octanol–water partition coefficient (Wildman–Crippen LogP) is 2.19. The molecule has 18 heavy (non-hydrogen) atoms. The molecule has 1 heterocycles. The van der Waals surface area contributed by atoms with Crippen LogP contribution in [-0.2, 0) is 17.6 Å². The zero-order valence-electron chi connectivity index (χ0n) is 10.9. The van der Waals surface area contributed by atoms with Crippen molar-refractivity contribution in [2.45, 2.75) is 33.1 Å². The first-order chi connectivity index (χ1) is 8.52. The molecule has 2 rings (SSSR count). The molecule has 1 aromatic heterocycles. The van der Waals surface area contributed by atoms with E-state index in [-0.39, 0.29) is 11.8 Å². The lowest BCUT2D eigenvalue weighted by Crippen LogP contribution is -2.22. The minimum atomic E-state index is -0.133. The number of nitrogens with one attached hydrogen (secondary N) is 2. The largest absolute Gasteiger partial charge is 0.355 e. The van der Waals surface area contributed by atoms with Gasteiger partial charge in [-0.25, -0.2) is 0 Å². The van der Waals surface area contributed by atoms with Crippen LogP contribution in [0.1, 0.15) is 41.1 Å². The molecule has 1 aliphatic carbocycles. The Bertz CT molecular complexity index is 493. The van der Waals surface area contributed by atoms with Gasteiger partial charge in [0.1, 0.15) is 5.00 Å². The molecule has 2 amide bonds. The summed E-state index contributed by atoms with van der Waals surface area (Å²) in [4.78, 5) is 24.4. The van der Waals surface area contributed by atoms with Gasteiger partial charge in [0.05, 0.1) is 5.56 Å². The Balaban J connectivity index is 2.45. The molecule has 0 saturated heterocycles. The molecule has 0 bridgehead atoms. The van der Waals surface area contributed by atoms with Gasteiger partial charge in [0.15, 0.2) is 0 Å². The van der Waals surface area contributed by atoms with Gasteiger partial charge in [-0.05, 0) is 30.7 Å². The van der Waals surface area contributed by atoms with Gasteiger partial charge < -0.3 is 10.6 Å². The van der Waals surface area contributed by atoms with E-state index in [4.69, 9.17) is 0 Å². The number of rotatable bonds is 2. The summed E-state index contributed by atoms with van der Waals surface area (Å²) >= 11 is 1.54. The van der Waals surface area contributed by atoms with Crippen molar-refractivity contribution < 1.29 is 9.59 Å². The van der Waals surface area contributed by atoms with E-state index < -0.39 is 0 Å². The smallest absolute Gasteiger partial charge is 0.254 e. The second-order valence-corrected chi connectivity index (χ2v) is 5.92. The van der Waals surface area contributed by atoms with Crippen LogP contribution in [0.3, 0.4) is 0 Å². The highest BCUT2D eigenvalue weighted by atomic mass is 32.1. The molecule has 0 saturated carbocycles. The fraction of sp³-hybridized carbons (Fsp3) is 0.538. The Labute approximate surface area is 111 Å². The van der Waals surface area contributed by atoms with Crippen LogP contribution < -0.4 is 10.6 Å². The first kappa shape index (κ1) is 13.1. The van der Waals surface area contributed by atoms with Crippen LogP contribution in [0, 0.1) is 5.92 Å². The number of carbonyl (C=O) groups is 2.